The lowest BCUT2D eigenvalue weighted by atomic mass is 10.1. The summed E-state index contributed by atoms with van der Waals surface area (Å²) in [6, 6.07) is 18.2. The number of aliphatic carboxylic acids is 1. The van der Waals surface area contributed by atoms with Crippen LogP contribution in [0.2, 0.25) is 0 Å². The molecule has 4 N–H and O–H groups in total. The van der Waals surface area contributed by atoms with Crippen LogP contribution < -0.4 is 20.7 Å². The van der Waals surface area contributed by atoms with Gasteiger partial charge < -0.3 is 39.8 Å². The van der Waals surface area contributed by atoms with Crippen molar-refractivity contribution < 1.29 is 42.2 Å². The van der Waals surface area contributed by atoms with Gasteiger partial charge in [-0.3, -0.25) is 14.4 Å². The number of benzene rings is 2. The first-order valence-corrected chi connectivity index (χ1v) is 15.2. The first-order chi connectivity index (χ1) is 23.6. The molecule has 0 aliphatic carbocycles. The summed E-state index contributed by atoms with van der Waals surface area (Å²) >= 11 is 0. The Kier molecular flexibility index (Phi) is 13.5. The Labute approximate surface area is 287 Å². The summed E-state index contributed by atoms with van der Waals surface area (Å²) in [6.07, 6.45) is 3.07. The van der Waals surface area contributed by atoms with Crippen LogP contribution in [0.15, 0.2) is 73.1 Å². The van der Waals surface area contributed by atoms with Gasteiger partial charge in [-0.05, 0) is 74.6 Å². The van der Waals surface area contributed by atoms with E-state index in [-0.39, 0.29) is 17.7 Å². The minimum Gasteiger partial charge on any atom is -0.497 e. The number of nitrogens with one attached hydrogen (secondary N) is 3. The maximum Gasteiger partial charge on any atom is 0.490 e. The number of halogens is 3. The summed E-state index contributed by atoms with van der Waals surface area (Å²) in [7, 11) is 9.09. The zero-order chi connectivity index (χ0) is 37.0. The topological polar surface area (TPSA) is 147 Å². The standard InChI is InChI=1S/C33H38N6O4.C2HF3O2/c1-37(2)17-7-16-34-32(41)29-19-27(22-38(29)3)36-33(42)30-20-26(21-39(30)4)35-31(40)25-14-12-23(13-15-25)10-11-24-8-6-9-28(18-24)43-5;3-2(4,5)1(6)7/h6,8-15,18-22H,7,16-17H2,1-5H3,(H,34,41)(H,35,40)(H,36,42);(H,6,7)/b11-10+;. The molecular formula is C35H39F3N6O6. The van der Waals surface area contributed by atoms with Crippen molar-refractivity contribution in [3.63, 3.8) is 0 Å². The van der Waals surface area contributed by atoms with Crippen LogP contribution in [0.25, 0.3) is 12.2 Å². The summed E-state index contributed by atoms with van der Waals surface area (Å²) in [5.41, 5.74) is 4.24. The third-order valence-electron chi connectivity index (χ3n) is 7.04. The van der Waals surface area contributed by atoms with Crippen LogP contribution in [0.5, 0.6) is 5.75 Å². The number of nitrogens with zero attached hydrogens (tertiary/aromatic N) is 3. The molecule has 0 radical (unpaired) electrons. The number of carboxylic acid groups (broad SMARTS) is 1. The molecule has 3 amide bonds. The average Bonchev–Trinajstić information content (AvgIpc) is 3.62. The Morgan fingerprint density at radius 3 is 1.90 bits per heavy atom. The fourth-order valence-electron chi connectivity index (χ4n) is 4.49. The predicted octanol–water partition coefficient (Wildman–Crippen LogP) is 5.36. The van der Waals surface area contributed by atoms with E-state index in [2.05, 4.69) is 20.9 Å². The molecule has 0 saturated carbocycles. The third kappa shape index (κ3) is 11.7. The van der Waals surface area contributed by atoms with Gasteiger partial charge in [0.1, 0.15) is 17.1 Å². The number of ether oxygens (including phenoxy) is 1. The highest BCUT2D eigenvalue weighted by atomic mass is 19.4. The fourth-order valence-corrected chi connectivity index (χ4v) is 4.49. The summed E-state index contributed by atoms with van der Waals surface area (Å²) in [5.74, 6) is -2.82. The number of carboxylic acids is 1. The van der Waals surface area contributed by atoms with Gasteiger partial charge in [0.25, 0.3) is 17.7 Å². The molecule has 0 aliphatic heterocycles. The fraction of sp³-hybridized carbons (Fsp3) is 0.257. The highest BCUT2D eigenvalue weighted by Gasteiger charge is 2.38. The van der Waals surface area contributed by atoms with Gasteiger partial charge in [-0.15, -0.1) is 0 Å². The van der Waals surface area contributed by atoms with Crippen LogP contribution in [-0.2, 0) is 18.9 Å². The van der Waals surface area contributed by atoms with E-state index in [1.165, 1.54) is 0 Å². The molecule has 0 fully saturated rings. The van der Waals surface area contributed by atoms with Crippen molar-refractivity contribution in [3.8, 4) is 5.75 Å². The average molecular weight is 697 g/mol. The molecule has 0 atom stereocenters. The summed E-state index contributed by atoms with van der Waals surface area (Å²) < 4.78 is 40.3. The number of hydrogen-bond donors (Lipinski definition) is 4. The van der Waals surface area contributed by atoms with Crippen LogP contribution in [0.1, 0.15) is 48.9 Å². The SMILES string of the molecule is COc1cccc(/C=C/c2ccc(C(=O)Nc3cc(C(=O)Nc4cc(C(=O)NCCCN(C)C)n(C)c4)n(C)c3)cc2)c1.O=C(O)C(F)(F)F. The Balaban J connectivity index is 0.000000872. The van der Waals surface area contributed by atoms with Gasteiger partial charge in [0.05, 0.1) is 18.5 Å². The second kappa shape index (κ2) is 17.5. The molecular weight excluding hydrogens is 657 g/mol. The minimum atomic E-state index is -5.08. The molecule has 0 saturated heterocycles. The van der Waals surface area contributed by atoms with E-state index in [0.29, 0.717) is 34.9 Å². The van der Waals surface area contributed by atoms with Gasteiger partial charge in [-0.1, -0.05) is 36.4 Å². The van der Waals surface area contributed by atoms with Gasteiger partial charge in [0, 0.05) is 38.6 Å². The maximum absolute atomic E-state index is 13.0. The molecule has 4 aromatic rings. The largest absolute Gasteiger partial charge is 0.497 e. The molecule has 12 nitrogen and oxygen atoms in total. The summed E-state index contributed by atoms with van der Waals surface area (Å²) in [5, 5.41) is 15.7. The van der Waals surface area contributed by atoms with Gasteiger partial charge >= 0.3 is 12.1 Å². The number of alkyl halides is 3. The van der Waals surface area contributed by atoms with Crippen molar-refractivity contribution in [2.45, 2.75) is 12.6 Å². The lowest BCUT2D eigenvalue weighted by Crippen LogP contribution is -2.28. The molecule has 2 aromatic heterocycles. The molecule has 0 aliphatic rings. The Hall–Kier alpha value is -5.83. The van der Waals surface area contributed by atoms with Crippen molar-refractivity contribution in [1.29, 1.82) is 0 Å². The van der Waals surface area contributed by atoms with Crippen molar-refractivity contribution >= 4 is 47.2 Å². The Morgan fingerprint density at radius 1 is 0.820 bits per heavy atom. The number of carbonyl (C=O) groups is 4. The lowest BCUT2D eigenvalue weighted by Gasteiger charge is -2.10. The van der Waals surface area contributed by atoms with E-state index < -0.39 is 12.1 Å². The number of hydrogen-bond acceptors (Lipinski definition) is 6. The van der Waals surface area contributed by atoms with Crippen LogP contribution >= 0.6 is 0 Å². The number of methoxy groups -OCH3 is 1. The van der Waals surface area contributed by atoms with E-state index in [0.717, 1.165) is 29.8 Å². The van der Waals surface area contributed by atoms with Gasteiger partial charge in [0.15, 0.2) is 0 Å². The molecule has 0 bridgehead atoms. The zero-order valence-electron chi connectivity index (χ0n) is 28.2. The molecule has 50 heavy (non-hydrogen) atoms. The monoisotopic (exact) mass is 696 g/mol. The van der Waals surface area contributed by atoms with Crippen LogP contribution in [0.4, 0.5) is 24.5 Å². The van der Waals surface area contributed by atoms with E-state index in [1.807, 2.05) is 62.6 Å². The summed E-state index contributed by atoms with van der Waals surface area (Å²) in [4.78, 5) is 49.5. The number of amides is 3. The van der Waals surface area contributed by atoms with E-state index in [4.69, 9.17) is 14.6 Å². The quantitative estimate of drug-likeness (QED) is 0.115. The van der Waals surface area contributed by atoms with Crippen molar-refractivity contribution in [2.75, 3.05) is 44.9 Å². The highest BCUT2D eigenvalue weighted by Crippen LogP contribution is 2.20. The molecule has 15 heteroatoms. The number of aryl methyl sites for hydroxylation is 2. The third-order valence-corrected chi connectivity index (χ3v) is 7.04. The second-order valence-electron chi connectivity index (χ2n) is 11.3. The van der Waals surface area contributed by atoms with Crippen LogP contribution in [0, 0.1) is 0 Å². The Bertz CT molecular complexity index is 1830. The Morgan fingerprint density at radius 2 is 1.36 bits per heavy atom. The van der Waals surface area contributed by atoms with E-state index >= 15 is 0 Å². The molecule has 2 aromatic carbocycles. The van der Waals surface area contributed by atoms with Crippen molar-refractivity contribution in [1.82, 2.24) is 19.4 Å². The molecule has 266 valence electrons. The number of rotatable bonds is 12. The number of aromatic nitrogens is 2. The predicted molar refractivity (Wildman–Crippen MR) is 184 cm³/mol. The van der Waals surface area contributed by atoms with Crippen molar-refractivity contribution in [3.05, 3.63) is 101 Å². The first kappa shape index (κ1) is 38.6. The number of carbonyl (C=O) groups excluding carboxylic acids is 3. The second-order valence-corrected chi connectivity index (χ2v) is 11.3. The molecule has 0 unspecified atom stereocenters. The maximum atomic E-state index is 13.0. The van der Waals surface area contributed by atoms with Crippen LogP contribution in [0.3, 0.4) is 0 Å². The van der Waals surface area contributed by atoms with Gasteiger partial charge in [-0.25, -0.2) is 4.79 Å². The highest BCUT2D eigenvalue weighted by molar-refractivity contribution is 6.07. The van der Waals surface area contributed by atoms with E-state index in [9.17, 15) is 27.6 Å². The normalized spacial score (nSPS) is 11.1. The van der Waals surface area contributed by atoms with Crippen LogP contribution in [-0.4, -0.2) is 83.3 Å². The molecule has 0 spiro atoms. The van der Waals surface area contributed by atoms with Crippen molar-refractivity contribution in [2.24, 2.45) is 14.1 Å². The van der Waals surface area contributed by atoms with Gasteiger partial charge in [-0.2, -0.15) is 13.2 Å². The minimum absolute atomic E-state index is 0.202. The first-order valence-electron chi connectivity index (χ1n) is 15.2. The summed E-state index contributed by atoms with van der Waals surface area (Å²) in [6.45, 7) is 1.44. The molecule has 2 heterocycles. The zero-order valence-corrected chi connectivity index (χ0v) is 28.2. The number of anilines is 2. The lowest BCUT2D eigenvalue weighted by molar-refractivity contribution is -0.192. The smallest absolute Gasteiger partial charge is 0.490 e. The van der Waals surface area contributed by atoms with E-state index in [1.54, 1.807) is 67.0 Å². The van der Waals surface area contributed by atoms with Gasteiger partial charge in [0.2, 0.25) is 0 Å². The molecule has 4 rings (SSSR count).